The van der Waals surface area contributed by atoms with E-state index in [0.29, 0.717) is 27.8 Å². The Morgan fingerprint density at radius 3 is 2.60 bits per heavy atom. The van der Waals surface area contributed by atoms with E-state index in [1.807, 2.05) is 29.6 Å². The van der Waals surface area contributed by atoms with Crippen LogP contribution in [0.15, 0.2) is 108 Å². The quantitative estimate of drug-likeness (QED) is 0.132. The van der Waals surface area contributed by atoms with Gasteiger partial charge in [0, 0.05) is 22.0 Å². The van der Waals surface area contributed by atoms with Crippen LogP contribution in [0.5, 0.6) is 5.75 Å². The van der Waals surface area contributed by atoms with Gasteiger partial charge in [-0.2, -0.15) is 0 Å². The van der Waals surface area contributed by atoms with E-state index in [0.717, 1.165) is 27.2 Å². The summed E-state index contributed by atoms with van der Waals surface area (Å²) in [5.74, 6) is 0.633. The second kappa shape index (κ2) is 13.7. The second-order valence-electron chi connectivity index (χ2n) is 9.95. The molecule has 2 aromatic heterocycles. The van der Waals surface area contributed by atoms with E-state index < -0.39 is 9.84 Å². The Morgan fingerprint density at radius 1 is 0.911 bits per heavy atom. The number of halogens is 2. The minimum absolute atomic E-state index is 0.0681. The lowest BCUT2D eigenvalue weighted by Crippen LogP contribution is -2.12. The Hall–Kier alpha value is -4.42. The topological polar surface area (TPSA) is 103 Å². The van der Waals surface area contributed by atoms with Crippen molar-refractivity contribution in [3.8, 4) is 17.0 Å². The maximum Gasteiger partial charge on any atom is 0.180 e. The van der Waals surface area contributed by atoms with E-state index in [2.05, 4.69) is 20.3 Å². The van der Waals surface area contributed by atoms with Gasteiger partial charge in [-0.1, -0.05) is 48.0 Å². The van der Waals surface area contributed by atoms with E-state index in [9.17, 15) is 12.8 Å². The molecule has 0 aliphatic carbocycles. The molecule has 2 heterocycles. The number of aromatic nitrogens is 3. The van der Waals surface area contributed by atoms with Crippen LogP contribution in [0.25, 0.3) is 22.2 Å². The van der Waals surface area contributed by atoms with Crippen LogP contribution in [0.2, 0.25) is 5.02 Å². The SMILES string of the molecule is O=S(=O)(CCOCc1nc(-c2ccc3ncnc(Nc4ccc(OCc5cccc(F)c5)c(Cl)c4)c3c2)cs1)c1ccccc1. The molecule has 0 atom stereocenters. The smallest absolute Gasteiger partial charge is 0.180 e. The van der Waals surface area contributed by atoms with Crippen LogP contribution in [-0.4, -0.2) is 35.7 Å². The van der Waals surface area contributed by atoms with Crippen LogP contribution in [0.1, 0.15) is 10.6 Å². The highest BCUT2D eigenvalue weighted by Gasteiger charge is 2.15. The van der Waals surface area contributed by atoms with Gasteiger partial charge in [0.25, 0.3) is 0 Å². The molecule has 0 bridgehead atoms. The monoisotopic (exact) mass is 660 g/mol. The first kappa shape index (κ1) is 30.6. The Labute approximate surface area is 268 Å². The van der Waals surface area contributed by atoms with E-state index in [1.165, 1.54) is 29.8 Å². The molecular weight excluding hydrogens is 635 g/mol. The highest BCUT2D eigenvalue weighted by molar-refractivity contribution is 7.91. The molecule has 0 spiro atoms. The van der Waals surface area contributed by atoms with Crippen molar-refractivity contribution in [1.29, 1.82) is 0 Å². The summed E-state index contributed by atoms with van der Waals surface area (Å²) in [6.45, 7) is 0.462. The van der Waals surface area contributed by atoms with Gasteiger partial charge in [0.2, 0.25) is 0 Å². The molecule has 12 heteroatoms. The lowest BCUT2D eigenvalue weighted by molar-refractivity contribution is 0.135. The van der Waals surface area contributed by atoms with Crippen LogP contribution < -0.4 is 10.1 Å². The molecular formula is C33H26ClFN4O4S2. The maximum absolute atomic E-state index is 13.5. The summed E-state index contributed by atoms with van der Waals surface area (Å²) in [4.78, 5) is 13.8. The minimum atomic E-state index is -3.40. The zero-order valence-electron chi connectivity index (χ0n) is 23.7. The molecule has 6 aromatic rings. The third-order valence-electron chi connectivity index (χ3n) is 6.79. The number of ether oxygens (including phenoxy) is 2. The van der Waals surface area contributed by atoms with Crippen molar-refractivity contribution in [2.24, 2.45) is 0 Å². The van der Waals surface area contributed by atoms with Gasteiger partial charge in [-0.3, -0.25) is 0 Å². The van der Waals surface area contributed by atoms with E-state index >= 15 is 0 Å². The van der Waals surface area contributed by atoms with Crippen LogP contribution in [0.3, 0.4) is 0 Å². The maximum atomic E-state index is 13.5. The van der Waals surface area contributed by atoms with Gasteiger partial charge >= 0.3 is 0 Å². The molecule has 0 saturated carbocycles. The first-order chi connectivity index (χ1) is 21.8. The van der Waals surface area contributed by atoms with Crippen molar-refractivity contribution in [2.75, 3.05) is 17.7 Å². The van der Waals surface area contributed by atoms with Crippen molar-refractivity contribution < 1.29 is 22.3 Å². The Balaban J connectivity index is 1.11. The molecule has 1 N–H and O–H groups in total. The number of hydrogen-bond donors (Lipinski definition) is 1. The highest BCUT2D eigenvalue weighted by atomic mass is 35.5. The fourth-order valence-electron chi connectivity index (χ4n) is 4.52. The van der Waals surface area contributed by atoms with Crippen molar-refractivity contribution in [2.45, 2.75) is 18.1 Å². The average Bonchev–Trinajstić information content (AvgIpc) is 3.52. The van der Waals surface area contributed by atoms with Crippen molar-refractivity contribution in [3.63, 3.8) is 0 Å². The molecule has 0 fully saturated rings. The third kappa shape index (κ3) is 7.63. The molecule has 228 valence electrons. The molecule has 0 saturated heterocycles. The van der Waals surface area contributed by atoms with Crippen LogP contribution >= 0.6 is 22.9 Å². The number of thiazole rings is 1. The summed E-state index contributed by atoms with van der Waals surface area (Å²) in [5, 5.41) is 7.16. The summed E-state index contributed by atoms with van der Waals surface area (Å²) in [6, 6.07) is 25.7. The molecule has 8 nitrogen and oxygen atoms in total. The van der Waals surface area contributed by atoms with E-state index in [-0.39, 0.29) is 36.3 Å². The number of nitrogens with one attached hydrogen (secondary N) is 1. The molecule has 6 rings (SSSR count). The molecule has 0 amide bonds. The van der Waals surface area contributed by atoms with Gasteiger partial charge in [0.15, 0.2) is 9.84 Å². The molecule has 0 radical (unpaired) electrons. The lowest BCUT2D eigenvalue weighted by atomic mass is 10.1. The molecule has 0 aliphatic heterocycles. The number of hydrogen-bond acceptors (Lipinski definition) is 9. The molecule has 0 unspecified atom stereocenters. The van der Waals surface area contributed by atoms with Crippen molar-refractivity contribution in [1.82, 2.24) is 15.0 Å². The summed E-state index contributed by atoms with van der Waals surface area (Å²) < 4.78 is 49.8. The van der Waals surface area contributed by atoms with Crippen molar-refractivity contribution in [3.05, 3.63) is 124 Å². The van der Waals surface area contributed by atoms with E-state index in [1.54, 1.807) is 54.6 Å². The van der Waals surface area contributed by atoms with Gasteiger partial charge in [0.1, 0.15) is 35.3 Å². The third-order valence-corrected chi connectivity index (χ3v) is 9.60. The number of anilines is 2. The fourth-order valence-corrected chi connectivity index (χ4v) is 6.64. The Kier molecular flexibility index (Phi) is 9.31. The Morgan fingerprint density at radius 2 is 1.78 bits per heavy atom. The summed E-state index contributed by atoms with van der Waals surface area (Å²) in [7, 11) is -3.40. The number of rotatable bonds is 12. The zero-order valence-corrected chi connectivity index (χ0v) is 26.1. The van der Waals surface area contributed by atoms with Gasteiger partial charge in [0.05, 0.1) is 40.1 Å². The Bertz CT molecular complexity index is 2060. The number of sulfone groups is 1. The lowest BCUT2D eigenvalue weighted by Gasteiger charge is -2.12. The van der Waals surface area contributed by atoms with Crippen LogP contribution in [-0.2, 0) is 27.8 Å². The summed E-state index contributed by atoms with van der Waals surface area (Å²) in [6.07, 6.45) is 1.48. The number of benzene rings is 4. The van der Waals surface area contributed by atoms with Crippen molar-refractivity contribution >= 4 is 55.2 Å². The van der Waals surface area contributed by atoms with Crippen LogP contribution in [0, 0.1) is 5.82 Å². The number of nitrogens with zero attached hydrogens (tertiary/aromatic N) is 3. The first-order valence-electron chi connectivity index (χ1n) is 13.8. The largest absolute Gasteiger partial charge is 0.487 e. The minimum Gasteiger partial charge on any atom is -0.487 e. The second-order valence-corrected chi connectivity index (χ2v) is 13.4. The predicted octanol–water partition coefficient (Wildman–Crippen LogP) is 7.86. The predicted molar refractivity (Wildman–Crippen MR) is 174 cm³/mol. The molecule has 45 heavy (non-hydrogen) atoms. The average molecular weight is 661 g/mol. The molecule has 0 aliphatic rings. The van der Waals surface area contributed by atoms with Gasteiger partial charge < -0.3 is 14.8 Å². The summed E-state index contributed by atoms with van der Waals surface area (Å²) in [5.41, 5.74) is 3.77. The van der Waals surface area contributed by atoms with Gasteiger partial charge in [-0.25, -0.2) is 27.8 Å². The zero-order chi connectivity index (χ0) is 31.2. The van der Waals surface area contributed by atoms with Gasteiger partial charge in [-0.15, -0.1) is 11.3 Å². The van der Waals surface area contributed by atoms with Crippen LogP contribution in [0.4, 0.5) is 15.9 Å². The highest BCUT2D eigenvalue weighted by Crippen LogP contribution is 2.33. The first-order valence-corrected chi connectivity index (χ1v) is 16.7. The molecule has 4 aromatic carbocycles. The standard InChI is InChI=1S/C33H26ClFN4O4S2/c34-28-17-25(10-12-31(28)43-18-22-5-4-6-24(35)15-22)38-33-27-16-23(9-11-29(27)36-21-37-33)30-20-44-32(39-30)19-42-13-14-45(40,41)26-7-2-1-3-8-26/h1-12,15-17,20-21H,13-14,18-19H2,(H,36,37,38). The van der Waals surface area contributed by atoms with Gasteiger partial charge in [-0.05, 0) is 60.2 Å². The fraction of sp³-hybridized carbons (Fsp3) is 0.121. The summed E-state index contributed by atoms with van der Waals surface area (Å²) >= 11 is 7.94. The number of fused-ring (bicyclic) bond motifs is 1. The van der Waals surface area contributed by atoms with E-state index in [4.69, 9.17) is 21.1 Å². The normalized spacial score (nSPS) is 11.5.